The highest BCUT2D eigenvalue weighted by molar-refractivity contribution is 14.0. The predicted molar refractivity (Wildman–Crippen MR) is 95.2 cm³/mol. The van der Waals surface area contributed by atoms with Gasteiger partial charge in [0.05, 0.1) is 6.54 Å². The zero-order chi connectivity index (χ0) is 14.4. The molecule has 2 aromatic heterocycles. The fraction of sp³-hybridized carbons (Fsp3) is 0.462. The molecule has 0 fully saturated rings. The van der Waals surface area contributed by atoms with E-state index in [0.717, 1.165) is 19.0 Å². The highest BCUT2D eigenvalue weighted by atomic mass is 127. The maximum atomic E-state index is 5.04. The van der Waals surface area contributed by atoms with Crippen LogP contribution in [0.5, 0.6) is 0 Å². The molecule has 0 amide bonds. The van der Waals surface area contributed by atoms with Gasteiger partial charge in [0.25, 0.3) is 0 Å². The SMILES string of the molecule is CCNC(=NCc1nc(C)no1)NCc1sccc1C.I. The summed E-state index contributed by atoms with van der Waals surface area (Å²) in [5.74, 6) is 1.89. The molecule has 8 heteroatoms. The van der Waals surface area contributed by atoms with Crippen molar-refractivity contribution < 1.29 is 4.52 Å². The van der Waals surface area contributed by atoms with Crippen molar-refractivity contribution in [3.8, 4) is 0 Å². The Morgan fingerprint density at radius 2 is 2.19 bits per heavy atom. The number of thiophene rings is 1. The molecule has 0 aliphatic rings. The van der Waals surface area contributed by atoms with Gasteiger partial charge in [-0.25, -0.2) is 4.99 Å². The third kappa shape index (κ3) is 5.62. The second-order valence-corrected chi connectivity index (χ2v) is 5.31. The van der Waals surface area contributed by atoms with Gasteiger partial charge in [-0.1, -0.05) is 5.16 Å². The molecule has 21 heavy (non-hydrogen) atoms. The molecule has 0 unspecified atom stereocenters. The molecule has 2 aromatic rings. The lowest BCUT2D eigenvalue weighted by molar-refractivity contribution is 0.376. The first kappa shape index (κ1) is 17.9. The topological polar surface area (TPSA) is 75.3 Å². The van der Waals surface area contributed by atoms with E-state index in [9.17, 15) is 0 Å². The molecule has 6 nitrogen and oxygen atoms in total. The van der Waals surface area contributed by atoms with Crippen molar-refractivity contribution >= 4 is 41.3 Å². The minimum Gasteiger partial charge on any atom is -0.357 e. The van der Waals surface area contributed by atoms with Gasteiger partial charge in [0.15, 0.2) is 11.8 Å². The monoisotopic (exact) mass is 421 g/mol. The van der Waals surface area contributed by atoms with E-state index in [1.54, 1.807) is 18.3 Å². The smallest absolute Gasteiger partial charge is 0.248 e. The highest BCUT2D eigenvalue weighted by Gasteiger charge is 2.04. The number of nitrogens with one attached hydrogen (secondary N) is 2. The third-order valence-corrected chi connectivity index (χ3v) is 3.69. The van der Waals surface area contributed by atoms with Crippen LogP contribution in [0.1, 0.15) is 29.1 Å². The van der Waals surface area contributed by atoms with Crippen LogP contribution in [0.2, 0.25) is 0 Å². The van der Waals surface area contributed by atoms with Gasteiger partial charge in [-0.3, -0.25) is 0 Å². The molecule has 0 saturated carbocycles. The van der Waals surface area contributed by atoms with Crippen LogP contribution in [0.4, 0.5) is 0 Å². The number of hydrogen-bond donors (Lipinski definition) is 2. The zero-order valence-electron chi connectivity index (χ0n) is 12.3. The largest absolute Gasteiger partial charge is 0.357 e. The number of aliphatic imine (C=N–C) groups is 1. The summed E-state index contributed by atoms with van der Waals surface area (Å²) in [6.07, 6.45) is 0. The number of halogens is 1. The van der Waals surface area contributed by atoms with Crippen LogP contribution in [0, 0.1) is 13.8 Å². The van der Waals surface area contributed by atoms with Crippen molar-refractivity contribution in [1.29, 1.82) is 0 Å². The van der Waals surface area contributed by atoms with E-state index in [4.69, 9.17) is 4.52 Å². The van der Waals surface area contributed by atoms with Crippen molar-refractivity contribution in [3.63, 3.8) is 0 Å². The summed E-state index contributed by atoms with van der Waals surface area (Å²) in [5, 5.41) is 12.3. The molecule has 0 aliphatic heterocycles. The second-order valence-electron chi connectivity index (χ2n) is 4.31. The lowest BCUT2D eigenvalue weighted by Gasteiger charge is -2.10. The minimum atomic E-state index is 0. The second kappa shape index (κ2) is 8.98. The standard InChI is InChI=1S/C13H19N5OS.HI/c1-4-14-13(15-7-11-9(2)5-6-20-11)16-8-12-17-10(3)18-19-12;/h5-6H,4,7-8H2,1-3H3,(H2,14,15,16);1H. The van der Waals surface area contributed by atoms with Crippen LogP contribution >= 0.6 is 35.3 Å². The molecule has 2 heterocycles. The molecule has 2 N–H and O–H groups in total. The molecule has 0 spiro atoms. The van der Waals surface area contributed by atoms with Gasteiger partial charge < -0.3 is 15.2 Å². The number of aryl methyl sites for hydroxylation is 2. The first-order valence-electron chi connectivity index (χ1n) is 6.53. The van der Waals surface area contributed by atoms with Crippen molar-refractivity contribution in [2.45, 2.75) is 33.9 Å². The summed E-state index contributed by atoms with van der Waals surface area (Å²) in [5.41, 5.74) is 1.30. The van der Waals surface area contributed by atoms with E-state index in [-0.39, 0.29) is 24.0 Å². The Bertz CT molecular complexity index is 581. The number of hydrogen-bond acceptors (Lipinski definition) is 5. The molecule has 2 rings (SSSR count). The quantitative estimate of drug-likeness (QED) is 0.441. The fourth-order valence-electron chi connectivity index (χ4n) is 1.64. The van der Waals surface area contributed by atoms with Crippen LogP contribution < -0.4 is 10.6 Å². The normalized spacial score (nSPS) is 11.1. The van der Waals surface area contributed by atoms with E-state index in [2.05, 4.69) is 44.1 Å². The van der Waals surface area contributed by atoms with Gasteiger partial charge in [-0.2, -0.15) is 4.98 Å². The average Bonchev–Trinajstić information content (AvgIpc) is 3.02. The van der Waals surface area contributed by atoms with E-state index >= 15 is 0 Å². The maximum absolute atomic E-state index is 5.04. The highest BCUT2D eigenvalue weighted by Crippen LogP contribution is 2.14. The summed E-state index contributed by atoms with van der Waals surface area (Å²) >= 11 is 1.74. The molecule has 0 aliphatic carbocycles. The number of rotatable bonds is 5. The Balaban J connectivity index is 0.00000220. The lowest BCUT2D eigenvalue weighted by atomic mass is 10.3. The maximum Gasteiger partial charge on any atom is 0.248 e. The Morgan fingerprint density at radius 3 is 2.76 bits per heavy atom. The third-order valence-electron chi connectivity index (χ3n) is 2.67. The van der Waals surface area contributed by atoms with Gasteiger partial charge in [-0.05, 0) is 37.8 Å². The van der Waals surface area contributed by atoms with Gasteiger partial charge in [0, 0.05) is 11.4 Å². The van der Waals surface area contributed by atoms with Gasteiger partial charge >= 0.3 is 0 Å². The van der Waals surface area contributed by atoms with E-state index in [1.165, 1.54) is 10.4 Å². The molecule has 0 radical (unpaired) electrons. The Kier molecular flexibility index (Phi) is 7.65. The van der Waals surface area contributed by atoms with Crippen LogP contribution in [0.3, 0.4) is 0 Å². The Morgan fingerprint density at radius 1 is 1.38 bits per heavy atom. The number of aromatic nitrogens is 2. The van der Waals surface area contributed by atoms with Crippen molar-refractivity contribution in [2.24, 2.45) is 4.99 Å². The van der Waals surface area contributed by atoms with Crippen molar-refractivity contribution in [1.82, 2.24) is 20.8 Å². The molecular formula is C13H20IN5OS. The fourth-order valence-corrected chi connectivity index (χ4v) is 2.49. The van der Waals surface area contributed by atoms with Crippen LogP contribution in [-0.2, 0) is 13.1 Å². The summed E-state index contributed by atoms with van der Waals surface area (Å²) in [6.45, 7) is 7.87. The van der Waals surface area contributed by atoms with Gasteiger partial charge in [-0.15, -0.1) is 35.3 Å². The first-order chi connectivity index (χ1) is 9.69. The lowest BCUT2D eigenvalue weighted by Crippen LogP contribution is -2.36. The van der Waals surface area contributed by atoms with Crippen LogP contribution in [-0.4, -0.2) is 22.6 Å². The average molecular weight is 421 g/mol. The minimum absolute atomic E-state index is 0. The van der Waals surface area contributed by atoms with E-state index < -0.39 is 0 Å². The van der Waals surface area contributed by atoms with E-state index in [0.29, 0.717) is 18.3 Å². The molecular weight excluding hydrogens is 401 g/mol. The summed E-state index contributed by atoms with van der Waals surface area (Å²) in [7, 11) is 0. The molecule has 0 bridgehead atoms. The number of nitrogens with zero attached hydrogens (tertiary/aromatic N) is 3. The number of guanidine groups is 1. The summed E-state index contributed by atoms with van der Waals surface area (Å²) < 4.78 is 5.04. The summed E-state index contributed by atoms with van der Waals surface area (Å²) in [4.78, 5) is 9.87. The van der Waals surface area contributed by atoms with Gasteiger partial charge in [0.1, 0.15) is 6.54 Å². The Hall–Kier alpha value is -1.16. The van der Waals surface area contributed by atoms with Crippen molar-refractivity contribution in [3.05, 3.63) is 33.6 Å². The molecule has 0 atom stereocenters. The molecule has 116 valence electrons. The predicted octanol–water partition coefficient (Wildman–Crippen LogP) is 2.62. The molecule has 0 aromatic carbocycles. The Labute approximate surface area is 145 Å². The van der Waals surface area contributed by atoms with Crippen molar-refractivity contribution in [2.75, 3.05) is 6.54 Å². The van der Waals surface area contributed by atoms with Crippen LogP contribution in [0.15, 0.2) is 21.0 Å². The van der Waals surface area contributed by atoms with Crippen LogP contribution in [0.25, 0.3) is 0 Å². The zero-order valence-corrected chi connectivity index (χ0v) is 15.5. The first-order valence-corrected chi connectivity index (χ1v) is 7.41. The van der Waals surface area contributed by atoms with Gasteiger partial charge in [0.2, 0.25) is 5.89 Å². The van der Waals surface area contributed by atoms with E-state index in [1.807, 2.05) is 6.92 Å². The summed E-state index contributed by atoms with van der Waals surface area (Å²) in [6, 6.07) is 2.12. The molecule has 0 saturated heterocycles.